The molecule has 11 nitrogen and oxygen atoms in total. The maximum atomic E-state index is 10.9. The third kappa shape index (κ3) is 14.7. The van der Waals surface area contributed by atoms with Crippen LogP contribution in [-0.2, 0) is 28.4 Å². The third-order valence-corrected chi connectivity index (χ3v) is 9.34. The van der Waals surface area contributed by atoms with E-state index in [-0.39, 0.29) is 13.2 Å². The summed E-state index contributed by atoms with van der Waals surface area (Å²) in [6.45, 7) is 6.86. The summed E-state index contributed by atoms with van der Waals surface area (Å²) in [6.07, 6.45) is 9.98. The molecule has 0 spiro atoms. The lowest BCUT2D eigenvalue weighted by atomic mass is 9.99. The molecule has 0 aliphatic carbocycles. The molecule has 2 aliphatic heterocycles. The molecule has 2 fully saturated rings. The summed E-state index contributed by atoms with van der Waals surface area (Å²) in [6, 6.07) is 0. The topological polar surface area (TPSA) is 157 Å². The Morgan fingerprint density at radius 2 is 1.04 bits per heavy atom. The lowest BCUT2D eigenvalue weighted by Crippen LogP contribution is -2.63. The largest absolute Gasteiger partial charge is 0.394 e. The van der Waals surface area contributed by atoms with E-state index in [2.05, 4.69) is 20.8 Å². The third-order valence-electron chi connectivity index (χ3n) is 9.34. The maximum Gasteiger partial charge on any atom is 0.224 e. The number of aliphatic hydroxyl groups excluding tert-OH is 5. The van der Waals surface area contributed by atoms with E-state index in [0.29, 0.717) is 19.8 Å². The van der Waals surface area contributed by atoms with Crippen molar-refractivity contribution in [2.75, 3.05) is 39.6 Å². The van der Waals surface area contributed by atoms with Gasteiger partial charge in [-0.25, -0.2) is 0 Å². The van der Waals surface area contributed by atoms with Gasteiger partial charge in [-0.3, -0.25) is 0 Å². The predicted molar refractivity (Wildman–Crippen MR) is 180 cm³/mol. The van der Waals surface area contributed by atoms with Crippen molar-refractivity contribution < 1.29 is 54.0 Å². The van der Waals surface area contributed by atoms with Crippen molar-refractivity contribution in [3.05, 3.63) is 0 Å². The summed E-state index contributed by atoms with van der Waals surface area (Å²) in [7, 11) is 0. The molecule has 280 valence electrons. The molecule has 47 heavy (non-hydrogen) atoms. The Balaban J connectivity index is 2.25. The average molecular weight is 679 g/mol. The van der Waals surface area contributed by atoms with Gasteiger partial charge in [-0.2, -0.15) is 0 Å². The highest BCUT2D eigenvalue weighted by Gasteiger charge is 2.60. The number of hydrogen-bond acceptors (Lipinski definition) is 11. The Labute approximate surface area is 284 Å². The first-order chi connectivity index (χ1) is 22.9. The van der Waals surface area contributed by atoms with Crippen molar-refractivity contribution in [1.29, 1.82) is 0 Å². The fourth-order valence-corrected chi connectivity index (χ4v) is 6.39. The van der Waals surface area contributed by atoms with Crippen LogP contribution in [-0.4, -0.2) is 120 Å². The second-order valence-corrected chi connectivity index (χ2v) is 13.4. The smallest absolute Gasteiger partial charge is 0.224 e. The second-order valence-electron chi connectivity index (χ2n) is 13.4. The Bertz CT molecular complexity index is 744. The number of aliphatic hydroxyl groups is 5. The second kappa shape index (κ2) is 25.5. The minimum atomic E-state index is -1.66. The highest BCUT2D eigenvalue weighted by molar-refractivity contribution is 5.01. The highest BCUT2D eigenvalue weighted by Crippen LogP contribution is 2.40. The van der Waals surface area contributed by atoms with Gasteiger partial charge in [0.15, 0.2) is 6.29 Å². The molecule has 0 bridgehead atoms. The standard InChI is InChI=1S/C36H70O11/c1-4-7-10-13-16-19-22-42-27-36(47-35-32(41)31(40)30(39)28(25-37)45-35)34(44-24-21-18-15-12-9-6-3)33(29(26-38)46-36)43-23-20-17-14-11-8-5-2/h28-35,37-41H,4-27H2,1-3H3/t28-,29-,30-,31+,32-,33-,34+,35-,36+/m1/s1. The van der Waals surface area contributed by atoms with Gasteiger partial charge in [0.05, 0.1) is 13.2 Å². The molecule has 2 aliphatic rings. The number of rotatable bonds is 29. The van der Waals surface area contributed by atoms with E-state index in [0.717, 1.165) is 57.8 Å². The molecule has 0 radical (unpaired) electrons. The van der Waals surface area contributed by atoms with Crippen LogP contribution in [0, 0.1) is 0 Å². The van der Waals surface area contributed by atoms with Gasteiger partial charge in [-0.05, 0) is 19.3 Å². The Hall–Kier alpha value is -0.440. The maximum absolute atomic E-state index is 10.9. The number of ether oxygens (including phenoxy) is 6. The monoisotopic (exact) mass is 678 g/mol. The Morgan fingerprint density at radius 1 is 0.553 bits per heavy atom. The molecule has 11 heteroatoms. The minimum Gasteiger partial charge on any atom is -0.394 e. The summed E-state index contributed by atoms with van der Waals surface area (Å²) in [5.41, 5.74) is 0. The van der Waals surface area contributed by atoms with Crippen LogP contribution in [0.25, 0.3) is 0 Å². The van der Waals surface area contributed by atoms with Crippen LogP contribution >= 0.6 is 0 Å². The molecule has 0 unspecified atom stereocenters. The zero-order valence-electron chi connectivity index (χ0n) is 29.8. The van der Waals surface area contributed by atoms with Crippen LogP contribution in [0.4, 0.5) is 0 Å². The van der Waals surface area contributed by atoms with Gasteiger partial charge in [0, 0.05) is 19.8 Å². The van der Waals surface area contributed by atoms with Crippen molar-refractivity contribution in [3.63, 3.8) is 0 Å². The van der Waals surface area contributed by atoms with E-state index in [1.54, 1.807) is 0 Å². The summed E-state index contributed by atoms with van der Waals surface area (Å²) in [5, 5.41) is 52.1. The molecule has 2 heterocycles. The van der Waals surface area contributed by atoms with Gasteiger partial charge in [0.25, 0.3) is 0 Å². The van der Waals surface area contributed by atoms with Crippen LogP contribution in [0.3, 0.4) is 0 Å². The lowest BCUT2D eigenvalue weighted by molar-refractivity contribution is -0.387. The summed E-state index contributed by atoms with van der Waals surface area (Å²) in [4.78, 5) is 0. The van der Waals surface area contributed by atoms with Crippen LogP contribution < -0.4 is 0 Å². The van der Waals surface area contributed by atoms with Gasteiger partial charge in [0.1, 0.15) is 49.3 Å². The van der Waals surface area contributed by atoms with E-state index in [9.17, 15) is 25.5 Å². The van der Waals surface area contributed by atoms with Gasteiger partial charge >= 0.3 is 0 Å². The minimum absolute atomic E-state index is 0.0917. The quantitative estimate of drug-likeness (QED) is 0.0696. The van der Waals surface area contributed by atoms with E-state index in [1.807, 2.05) is 0 Å². The zero-order valence-corrected chi connectivity index (χ0v) is 29.8. The van der Waals surface area contributed by atoms with Gasteiger partial charge in [-0.15, -0.1) is 0 Å². The first-order valence-electron chi connectivity index (χ1n) is 19.0. The van der Waals surface area contributed by atoms with Crippen molar-refractivity contribution >= 4 is 0 Å². The predicted octanol–water partition coefficient (Wildman–Crippen LogP) is 4.76. The molecule has 2 saturated heterocycles. The van der Waals surface area contributed by atoms with Crippen LogP contribution in [0.15, 0.2) is 0 Å². The fraction of sp³-hybridized carbons (Fsp3) is 1.00. The first-order valence-corrected chi connectivity index (χ1v) is 19.0. The molecule has 0 aromatic heterocycles. The van der Waals surface area contributed by atoms with Gasteiger partial charge in [-0.1, -0.05) is 117 Å². The number of hydrogen-bond donors (Lipinski definition) is 5. The van der Waals surface area contributed by atoms with Crippen LogP contribution in [0.1, 0.15) is 136 Å². The van der Waals surface area contributed by atoms with Crippen molar-refractivity contribution in [2.45, 2.75) is 191 Å². The number of unbranched alkanes of at least 4 members (excludes halogenated alkanes) is 15. The molecule has 0 amide bonds. The molecule has 0 aromatic carbocycles. The molecule has 2 rings (SSSR count). The van der Waals surface area contributed by atoms with E-state index in [4.69, 9.17) is 28.4 Å². The molecule has 9 atom stereocenters. The average Bonchev–Trinajstić information content (AvgIpc) is 3.36. The van der Waals surface area contributed by atoms with Gasteiger partial charge in [0.2, 0.25) is 5.79 Å². The molecule has 5 N–H and O–H groups in total. The summed E-state index contributed by atoms with van der Waals surface area (Å²) in [5.74, 6) is -1.66. The normalized spacial score (nSPS) is 31.1. The van der Waals surface area contributed by atoms with Crippen molar-refractivity contribution in [1.82, 2.24) is 0 Å². The summed E-state index contributed by atoms with van der Waals surface area (Å²) < 4.78 is 37.7. The van der Waals surface area contributed by atoms with E-state index < -0.39 is 61.4 Å². The van der Waals surface area contributed by atoms with Crippen molar-refractivity contribution in [2.24, 2.45) is 0 Å². The first kappa shape index (κ1) is 42.7. The van der Waals surface area contributed by atoms with Gasteiger partial charge < -0.3 is 54.0 Å². The lowest BCUT2D eigenvalue weighted by Gasteiger charge is -2.44. The molecular formula is C36H70O11. The molecular weight excluding hydrogens is 608 g/mol. The van der Waals surface area contributed by atoms with Crippen LogP contribution in [0.2, 0.25) is 0 Å². The summed E-state index contributed by atoms with van der Waals surface area (Å²) >= 11 is 0. The molecule has 0 aromatic rings. The zero-order chi connectivity index (χ0) is 34.3. The van der Waals surface area contributed by atoms with Crippen molar-refractivity contribution in [3.8, 4) is 0 Å². The van der Waals surface area contributed by atoms with E-state index >= 15 is 0 Å². The van der Waals surface area contributed by atoms with E-state index in [1.165, 1.54) is 57.8 Å². The Morgan fingerprint density at radius 3 is 1.57 bits per heavy atom. The Kier molecular flexibility index (Phi) is 23.2. The highest BCUT2D eigenvalue weighted by atomic mass is 16.8. The molecule has 0 saturated carbocycles. The fourth-order valence-electron chi connectivity index (χ4n) is 6.39. The SMILES string of the molecule is CCCCCCCCOC[C@@]1(O[C@H]2O[C@H](CO)[C@@H](O)[C@H](O)[C@H]2O)O[C@H](CO)[C@@H](OCCCCCCCC)[C@@H]1OCCCCCCCC. The van der Waals surface area contributed by atoms with Crippen LogP contribution in [0.5, 0.6) is 0 Å².